The minimum absolute atomic E-state index is 0. The molecule has 0 atom stereocenters. The molecule has 1 N–H and O–H groups in total. The van der Waals surface area contributed by atoms with E-state index < -0.39 is 0 Å². The van der Waals surface area contributed by atoms with Crippen LogP contribution in [0.5, 0.6) is 6.01 Å². The van der Waals surface area contributed by atoms with E-state index in [9.17, 15) is 4.79 Å². The van der Waals surface area contributed by atoms with Gasteiger partial charge in [-0.2, -0.15) is 0 Å². The molecule has 9 heteroatoms. The number of nitrogens with zero attached hydrogens (tertiary/aromatic N) is 4. The van der Waals surface area contributed by atoms with Crippen LogP contribution in [0.15, 0.2) is 35.1 Å². The van der Waals surface area contributed by atoms with E-state index in [2.05, 4.69) is 20.4 Å². The molecule has 0 aliphatic rings. The maximum absolute atomic E-state index is 11.2. The van der Waals surface area contributed by atoms with Crippen LogP contribution in [0.2, 0.25) is 0 Å². The van der Waals surface area contributed by atoms with Gasteiger partial charge in [-0.25, -0.2) is 0 Å². The Labute approximate surface area is 142 Å². The molecule has 104 valence electrons. The topological polar surface area (TPSA) is 94.9 Å². The number of ether oxygens (including phenoxy) is 2. The average molecular weight is 297 g/mol. The molecule has 1 aromatic carbocycles. The minimum Gasteiger partial charge on any atom is -1.00 e. The van der Waals surface area contributed by atoms with Crippen LogP contribution in [-0.4, -0.2) is 39.1 Å². The fraction of sp³-hybridized carbons (Fsp3) is 0.167. The molecule has 3 rings (SSSR count). The molecule has 0 bridgehead atoms. The van der Waals surface area contributed by atoms with Crippen LogP contribution in [0.4, 0.5) is 0 Å². The van der Waals surface area contributed by atoms with Crippen molar-refractivity contribution in [1.82, 2.24) is 25.2 Å². The van der Waals surface area contributed by atoms with E-state index in [-0.39, 0.29) is 49.3 Å². The third-order valence-electron chi connectivity index (χ3n) is 2.64. The van der Waals surface area contributed by atoms with Gasteiger partial charge in [0.25, 0.3) is 0 Å². The average Bonchev–Trinajstić information content (AvgIpc) is 2.93. The first-order valence-electron chi connectivity index (χ1n) is 5.81. The number of nitrogens with one attached hydrogen (secondary N) is 1. The summed E-state index contributed by atoms with van der Waals surface area (Å²) >= 11 is 0. The summed E-state index contributed by atoms with van der Waals surface area (Å²) in [7, 11) is 1.51. The summed E-state index contributed by atoms with van der Waals surface area (Å²) in [5.74, 6) is 0. The molecule has 0 radical (unpaired) electrons. The van der Waals surface area contributed by atoms with E-state index in [0.717, 1.165) is 10.9 Å². The summed E-state index contributed by atoms with van der Waals surface area (Å²) in [5.41, 5.74) is 1.32. The van der Waals surface area contributed by atoms with E-state index in [1.807, 2.05) is 6.07 Å². The van der Waals surface area contributed by atoms with Gasteiger partial charge in [-0.3, -0.25) is 4.79 Å². The third-order valence-corrected chi connectivity index (χ3v) is 2.64. The Hall–Kier alpha value is -1.74. The maximum atomic E-state index is 11.2. The molecule has 0 aliphatic heterocycles. The molecule has 0 fully saturated rings. The number of hydrogen-bond donors (Lipinski definition) is 1. The van der Waals surface area contributed by atoms with Crippen molar-refractivity contribution in [2.45, 2.75) is 0 Å². The smallest absolute Gasteiger partial charge is 1.00 e. The third kappa shape index (κ3) is 3.48. The number of aromatic nitrogens is 5. The number of aromatic amines is 1. The Morgan fingerprint density at radius 2 is 2.19 bits per heavy atom. The van der Waals surface area contributed by atoms with Crippen LogP contribution in [0.1, 0.15) is 1.43 Å². The molecule has 0 spiro atoms. The second kappa shape index (κ2) is 6.81. The molecule has 2 heterocycles. The monoisotopic (exact) mass is 297 g/mol. The predicted octanol–water partition coefficient (Wildman–Crippen LogP) is -2.40. The summed E-state index contributed by atoms with van der Waals surface area (Å²) in [6.45, 7) is 0.0602. The summed E-state index contributed by atoms with van der Waals surface area (Å²) in [6, 6.07) is 8.73. The van der Waals surface area contributed by atoms with Crippen LogP contribution < -0.4 is 39.9 Å². The Morgan fingerprint density at radius 3 is 3.00 bits per heavy atom. The maximum Gasteiger partial charge on any atom is 1.00 e. The van der Waals surface area contributed by atoms with Gasteiger partial charge in [0.05, 0.1) is 5.69 Å². The van der Waals surface area contributed by atoms with Crippen LogP contribution in [0, 0.1) is 0 Å². The largest absolute Gasteiger partial charge is 1.00 e. The molecule has 0 amide bonds. The van der Waals surface area contributed by atoms with Crippen molar-refractivity contribution in [2.75, 3.05) is 13.9 Å². The molecule has 0 saturated carbocycles. The van der Waals surface area contributed by atoms with Gasteiger partial charge in [-0.05, 0) is 29.5 Å². The molecule has 0 aliphatic carbocycles. The van der Waals surface area contributed by atoms with Crippen LogP contribution >= 0.6 is 0 Å². The van der Waals surface area contributed by atoms with E-state index in [1.165, 1.54) is 18.0 Å². The first-order chi connectivity index (χ1) is 9.76. The van der Waals surface area contributed by atoms with Crippen molar-refractivity contribution in [2.24, 2.45) is 0 Å². The molecular weight excluding hydrogens is 285 g/mol. The molecule has 8 nitrogen and oxygen atoms in total. The number of tetrazole rings is 1. The molecule has 21 heavy (non-hydrogen) atoms. The molecule has 2 aromatic heterocycles. The van der Waals surface area contributed by atoms with Crippen LogP contribution in [0.25, 0.3) is 16.6 Å². The van der Waals surface area contributed by atoms with E-state index in [0.29, 0.717) is 5.69 Å². The van der Waals surface area contributed by atoms with Gasteiger partial charge in [0.15, 0.2) is 6.79 Å². The number of hydrogen-bond acceptors (Lipinski definition) is 6. The zero-order valence-corrected chi connectivity index (χ0v) is 13.6. The number of pyridine rings is 1. The fourth-order valence-electron chi connectivity index (χ4n) is 1.75. The van der Waals surface area contributed by atoms with Gasteiger partial charge in [0.1, 0.15) is 0 Å². The van der Waals surface area contributed by atoms with Gasteiger partial charge in [0.2, 0.25) is 5.56 Å². The first-order valence-corrected chi connectivity index (χ1v) is 5.81. The molecular formula is C12H12N5NaO3. The summed E-state index contributed by atoms with van der Waals surface area (Å²) in [4.78, 5) is 15.3. The van der Waals surface area contributed by atoms with E-state index >= 15 is 0 Å². The molecule has 0 saturated heterocycles. The first kappa shape index (κ1) is 15.6. The Bertz CT molecular complexity index is 807. The van der Waals surface area contributed by atoms with Crippen molar-refractivity contribution in [3.8, 4) is 11.7 Å². The Morgan fingerprint density at radius 1 is 1.33 bits per heavy atom. The van der Waals surface area contributed by atoms with Crippen molar-refractivity contribution >= 4 is 10.9 Å². The van der Waals surface area contributed by atoms with Gasteiger partial charge in [-0.15, -0.1) is 4.80 Å². The van der Waals surface area contributed by atoms with Crippen LogP contribution in [0.3, 0.4) is 0 Å². The van der Waals surface area contributed by atoms with Gasteiger partial charge in [0, 0.05) is 24.1 Å². The number of H-pyrrole nitrogens is 1. The van der Waals surface area contributed by atoms with Crippen molar-refractivity contribution in [3.63, 3.8) is 0 Å². The van der Waals surface area contributed by atoms with Gasteiger partial charge >= 0.3 is 35.6 Å². The quantitative estimate of drug-likeness (QED) is 0.426. The van der Waals surface area contributed by atoms with E-state index in [1.54, 1.807) is 18.2 Å². The van der Waals surface area contributed by atoms with Crippen molar-refractivity contribution in [3.05, 3.63) is 40.7 Å². The zero-order chi connectivity index (χ0) is 13.9. The van der Waals surface area contributed by atoms with E-state index in [4.69, 9.17) is 9.47 Å². The van der Waals surface area contributed by atoms with Crippen molar-refractivity contribution < 1.29 is 40.5 Å². The molecule has 0 unspecified atom stereocenters. The number of rotatable bonds is 4. The normalized spacial score (nSPS) is 10.3. The standard InChI is InChI=1S/C12H11N5O3.Na.H/c1-19-7-20-12-14-16-17(15-12)9-3-4-10-8(6-9)2-5-11(18)13-10;;/h2-6H,7H2,1H3,(H,13,18);;/q;+1;-1. The Kier molecular flexibility index (Phi) is 5.07. The van der Waals surface area contributed by atoms with Crippen molar-refractivity contribution in [1.29, 1.82) is 0 Å². The second-order valence-corrected chi connectivity index (χ2v) is 4.01. The minimum atomic E-state index is -0.139. The SMILES string of the molecule is COCOc1nnn(-c2ccc3[nH]c(=O)ccc3c2)n1.[H-].[Na+]. The summed E-state index contributed by atoms with van der Waals surface area (Å²) in [5, 5.41) is 12.6. The number of benzene rings is 1. The Balaban J connectivity index is 0.00000121. The molecule has 3 aromatic rings. The number of methoxy groups -OCH3 is 1. The predicted molar refractivity (Wildman–Crippen MR) is 70.9 cm³/mol. The number of fused-ring (bicyclic) bond motifs is 1. The van der Waals surface area contributed by atoms with Crippen LogP contribution in [-0.2, 0) is 4.74 Å². The fourth-order valence-corrected chi connectivity index (χ4v) is 1.75. The van der Waals surface area contributed by atoms with Gasteiger partial charge < -0.3 is 15.9 Å². The summed E-state index contributed by atoms with van der Waals surface area (Å²) in [6.07, 6.45) is 0. The zero-order valence-electron chi connectivity index (χ0n) is 12.6. The summed E-state index contributed by atoms with van der Waals surface area (Å²) < 4.78 is 9.84. The second-order valence-electron chi connectivity index (χ2n) is 4.01. The van der Waals surface area contributed by atoms with Gasteiger partial charge in [-0.1, -0.05) is 10.2 Å².